The second-order valence-corrected chi connectivity index (χ2v) is 2.54. The second-order valence-electron chi connectivity index (χ2n) is 0.991. The molecule has 0 atom stereocenters. The molecule has 0 saturated heterocycles. The third kappa shape index (κ3) is 4.70. The maximum absolute atomic E-state index is 10.8. The minimum atomic E-state index is -5.34. The first-order valence-electron chi connectivity index (χ1n) is 1.34. The van der Waals surface area contributed by atoms with Crippen LogP contribution in [-0.2, 0) is 10.0 Å². The minimum absolute atomic E-state index is 0. The molecule has 3 nitrogen and oxygen atoms in total. The Bertz CT molecular complexity index is 171. The van der Waals surface area contributed by atoms with Crippen LogP contribution in [-0.4, -0.2) is 65.3 Å². The summed E-state index contributed by atoms with van der Waals surface area (Å²) in [6, 6.07) is 0. The predicted molar refractivity (Wildman–Crippen MR) is 24.9 cm³/mol. The Morgan fingerprint density at radius 2 is 1.33 bits per heavy atom. The molecular formula is CH2F3KNO2S. The Hall–Kier alpha value is 1.34. The molecule has 9 heavy (non-hydrogen) atoms. The summed E-state index contributed by atoms with van der Waals surface area (Å²) in [7, 11) is -5.34. The van der Waals surface area contributed by atoms with Crippen molar-refractivity contribution < 1.29 is 21.6 Å². The van der Waals surface area contributed by atoms with E-state index in [9.17, 15) is 21.6 Å². The van der Waals surface area contributed by atoms with Gasteiger partial charge in [-0.1, -0.05) is 0 Å². The topological polar surface area (TPSA) is 60.2 Å². The van der Waals surface area contributed by atoms with Gasteiger partial charge in [-0.25, -0.2) is 13.6 Å². The summed E-state index contributed by atoms with van der Waals surface area (Å²) in [5.41, 5.74) is -5.31. The van der Waals surface area contributed by atoms with Crippen LogP contribution in [0.2, 0.25) is 0 Å². The molecule has 0 bridgehead atoms. The number of alkyl halides is 3. The largest absolute Gasteiger partial charge is 0.511 e. The molecule has 51 valence electrons. The first-order chi connectivity index (χ1) is 3.25. The van der Waals surface area contributed by atoms with Crippen molar-refractivity contribution in [2.24, 2.45) is 5.14 Å². The maximum Gasteiger partial charge on any atom is 0.511 e. The fourth-order valence-electron chi connectivity index (χ4n) is 0. The van der Waals surface area contributed by atoms with Crippen molar-refractivity contribution in [1.82, 2.24) is 0 Å². The van der Waals surface area contributed by atoms with Crippen molar-refractivity contribution in [2.45, 2.75) is 5.51 Å². The van der Waals surface area contributed by atoms with E-state index in [-0.39, 0.29) is 51.4 Å². The summed E-state index contributed by atoms with van der Waals surface area (Å²) in [4.78, 5) is 0. The van der Waals surface area contributed by atoms with E-state index in [1.165, 1.54) is 0 Å². The van der Waals surface area contributed by atoms with Crippen molar-refractivity contribution in [1.29, 1.82) is 0 Å². The Kier molecular flexibility index (Phi) is 5.26. The van der Waals surface area contributed by atoms with Gasteiger partial charge in [0.2, 0.25) is 0 Å². The zero-order chi connectivity index (χ0) is 7.00. The van der Waals surface area contributed by atoms with Crippen molar-refractivity contribution in [3.8, 4) is 0 Å². The molecule has 8 heteroatoms. The molecule has 0 aromatic heterocycles. The van der Waals surface area contributed by atoms with Crippen molar-refractivity contribution >= 4 is 61.4 Å². The van der Waals surface area contributed by atoms with Crippen LogP contribution in [0.4, 0.5) is 13.2 Å². The molecule has 0 heterocycles. The van der Waals surface area contributed by atoms with Crippen LogP contribution in [0, 0.1) is 0 Å². The fourth-order valence-corrected chi connectivity index (χ4v) is 0. The molecule has 0 saturated carbocycles. The zero-order valence-corrected chi connectivity index (χ0v) is 8.38. The number of nitrogens with two attached hydrogens (primary N) is 1. The van der Waals surface area contributed by atoms with Crippen LogP contribution in [0.15, 0.2) is 0 Å². The van der Waals surface area contributed by atoms with Gasteiger partial charge in [-0.15, -0.1) is 0 Å². The van der Waals surface area contributed by atoms with Crippen molar-refractivity contribution in [3.05, 3.63) is 0 Å². The van der Waals surface area contributed by atoms with Crippen LogP contribution in [0.25, 0.3) is 0 Å². The van der Waals surface area contributed by atoms with Gasteiger partial charge in [0, 0.05) is 51.4 Å². The number of hydrogen-bond acceptors (Lipinski definition) is 2. The average molecular weight is 188 g/mol. The summed E-state index contributed by atoms with van der Waals surface area (Å²) in [5.74, 6) is 0. The summed E-state index contributed by atoms with van der Waals surface area (Å²) < 4.78 is 51.2. The van der Waals surface area contributed by atoms with Crippen LogP contribution in [0.3, 0.4) is 0 Å². The fraction of sp³-hybridized carbons (Fsp3) is 1.00. The first kappa shape index (κ1) is 13.0. The number of sulfonamides is 1. The predicted octanol–water partition coefficient (Wildman–Crippen LogP) is -0.586. The molecular weight excluding hydrogens is 186 g/mol. The summed E-state index contributed by atoms with van der Waals surface area (Å²) >= 11 is 0. The molecule has 0 spiro atoms. The van der Waals surface area contributed by atoms with E-state index in [0.29, 0.717) is 0 Å². The molecule has 0 aliphatic rings. The molecule has 0 aromatic rings. The van der Waals surface area contributed by atoms with E-state index < -0.39 is 15.5 Å². The molecule has 0 aliphatic carbocycles. The van der Waals surface area contributed by atoms with Gasteiger partial charge in [-0.05, 0) is 0 Å². The minimum Gasteiger partial charge on any atom is -0.221 e. The number of rotatable bonds is 0. The SMILES string of the molecule is NS(=O)(=O)C(F)(F)F.[K]. The van der Waals surface area contributed by atoms with E-state index in [1.54, 1.807) is 0 Å². The van der Waals surface area contributed by atoms with E-state index in [1.807, 2.05) is 0 Å². The number of hydrogen-bond donors (Lipinski definition) is 1. The molecule has 0 fully saturated rings. The molecule has 0 unspecified atom stereocenters. The molecule has 0 rings (SSSR count). The monoisotopic (exact) mass is 188 g/mol. The van der Waals surface area contributed by atoms with Crippen LogP contribution in [0.1, 0.15) is 0 Å². The van der Waals surface area contributed by atoms with Gasteiger partial charge in [-0.3, -0.25) is 0 Å². The van der Waals surface area contributed by atoms with E-state index >= 15 is 0 Å². The zero-order valence-electron chi connectivity index (χ0n) is 4.44. The smallest absolute Gasteiger partial charge is 0.221 e. The summed E-state index contributed by atoms with van der Waals surface area (Å²) in [6.07, 6.45) is 0. The van der Waals surface area contributed by atoms with Gasteiger partial charge in [0.1, 0.15) is 0 Å². The Labute approximate surface area is 92.3 Å². The van der Waals surface area contributed by atoms with Crippen LogP contribution < -0.4 is 5.14 Å². The second kappa shape index (κ2) is 3.65. The number of halogens is 3. The first-order valence-corrected chi connectivity index (χ1v) is 2.89. The van der Waals surface area contributed by atoms with E-state index in [2.05, 4.69) is 5.14 Å². The van der Waals surface area contributed by atoms with Crippen molar-refractivity contribution in [3.63, 3.8) is 0 Å². The van der Waals surface area contributed by atoms with Gasteiger partial charge >= 0.3 is 15.5 Å². The average Bonchev–Trinajstić information content (AvgIpc) is 1.25. The molecule has 1 radical (unpaired) electrons. The molecule has 0 aromatic carbocycles. The summed E-state index contributed by atoms with van der Waals surface area (Å²) in [5, 5.41) is 3.66. The van der Waals surface area contributed by atoms with Gasteiger partial charge in [0.05, 0.1) is 0 Å². The van der Waals surface area contributed by atoms with Gasteiger partial charge in [-0.2, -0.15) is 13.2 Å². The third-order valence-electron chi connectivity index (χ3n) is 0.323. The Morgan fingerprint density at radius 3 is 1.33 bits per heavy atom. The standard InChI is InChI=1S/CH2F3NO2S.K/c2-1(3,4)8(5,6)7;/h(H2,5,6,7);. The molecule has 0 amide bonds. The Balaban J connectivity index is 0. The van der Waals surface area contributed by atoms with E-state index in [0.717, 1.165) is 0 Å². The Morgan fingerprint density at radius 1 is 1.22 bits per heavy atom. The third-order valence-corrected chi connectivity index (χ3v) is 0.968. The van der Waals surface area contributed by atoms with Crippen LogP contribution >= 0.6 is 0 Å². The quantitative estimate of drug-likeness (QED) is 0.517. The summed E-state index contributed by atoms with van der Waals surface area (Å²) in [6.45, 7) is 0. The van der Waals surface area contributed by atoms with Gasteiger partial charge < -0.3 is 0 Å². The number of primary sulfonamides is 1. The normalized spacial score (nSPS) is 12.4. The van der Waals surface area contributed by atoms with E-state index in [4.69, 9.17) is 0 Å². The van der Waals surface area contributed by atoms with Crippen LogP contribution in [0.5, 0.6) is 0 Å². The van der Waals surface area contributed by atoms with Crippen molar-refractivity contribution in [2.75, 3.05) is 0 Å². The maximum atomic E-state index is 10.8. The molecule has 2 N–H and O–H groups in total. The van der Waals surface area contributed by atoms with Gasteiger partial charge in [0.25, 0.3) is 0 Å². The molecule has 0 aliphatic heterocycles. The van der Waals surface area contributed by atoms with Gasteiger partial charge in [0.15, 0.2) is 0 Å².